The van der Waals surface area contributed by atoms with E-state index in [4.69, 9.17) is 9.52 Å². The Morgan fingerprint density at radius 3 is 2.89 bits per heavy atom. The van der Waals surface area contributed by atoms with E-state index in [0.717, 1.165) is 11.8 Å². The number of carboxylic acid groups (broad SMARTS) is 1. The third-order valence-electron chi connectivity index (χ3n) is 3.51. The zero-order valence-corrected chi connectivity index (χ0v) is 10.2. The fraction of sp³-hybridized carbons (Fsp3) is 0.286. The van der Waals surface area contributed by atoms with Crippen molar-refractivity contribution in [2.75, 3.05) is 6.54 Å². The quantitative estimate of drug-likeness (QED) is 0.896. The smallest absolute Gasteiger partial charge is 0.326 e. The van der Waals surface area contributed by atoms with Gasteiger partial charge in [-0.05, 0) is 18.9 Å². The van der Waals surface area contributed by atoms with Gasteiger partial charge < -0.3 is 14.4 Å². The molecule has 1 aromatic carbocycles. The third kappa shape index (κ3) is 1.87. The highest BCUT2D eigenvalue weighted by molar-refractivity contribution is 6.07. The monoisotopic (exact) mass is 259 g/mol. The van der Waals surface area contributed by atoms with E-state index < -0.39 is 12.0 Å². The molecule has 5 heteroatoms. The normalized spacial score (nSPS) is 18.9. The largest absolute Gasteiger partial charge is 0.480 e. The number of likely N-dealkylation sites (tertiary alicyclic amines) is 1. The summed E-state index contributed by atoms with van der Waals surface area (Å²) in [6.45, 7) is 0.481. The predicted octanol–water partition coefficient (Wildman–Crippen LogP) is 2.12. The number of fused-ring (bicyclic) bond motifs is 1. The highest BCUT2D eigenvalue weighted by Crippen LogP contribution is 2.26. The molecule has 1 fully saturated rings. The molecule has 2 aromatic rings. The number of carbonyl (C=O) groups excluding carboxylic acids is 1. The molecular formula is C14H13NO4. The second-order valence-electron chi connectivity index (χ2n) is 4.64. The molecule has 1 amide bonds. The van der Waals surface area contributed by atoms with E-state index in [-0.39, 0.29) is 5.91 Å². The Balaban J connectivity index is 1.98. The van der Waals surface area contributed by atoms with Crippen molar-refractivity contribution in [2.24, 2.45) is 0 Å². The van der Waals surface area contributed by atoms with Gasteiger partial charge in [0.2, 0.25) is 0 Å². The molecule has 2 heterocycles. The first-order valence-electron chi connectivity index (χ1n) is 6.18. The van der Waals surface area contributed by atoms with Gasteiger partial charge in [0.1, 0.15) is 17.9 Å². The SMILES string of the molecule is O=C(O)C1CCCN1C(=O)c1coc2ccccc12. The number of hydrogen-bond donors (Lipinski definition) is 1. The van der Waals surface area contributed by atoms with Crippen LogP contribution in [0.15, 0.2) is 34.9 Å². The number of furan rings is 1. The van der Waals surface area contributed by atoms with E-state index in [2.05, 4.69) is 0 Å². The fourth-order valence-corrected chi connectivity index (χ4v) is 2.56. The van der Waals surface area contributed by atoms with Crippen LogP contribution in [0.25, 0.3) is 11.0 Å². The van der Waals surface area contributed by atoms with Crippen LogP contribution in [0.3, 0.4) is 0 Å². The molecule has 0 spiro atoms. The molecule has 3 rings (SSSR count). The first-order chi connectivity index (χ1) is 9.18. The van der Waals surface area contributed by atoms with Gasteiger partial charge in [0.15, 0.2) is 0 Å². The molecule has 0 saturated carbocycles. The minimum atomic E-state index is -0.946. The predicted molar refractivity (Wildman–Crippen MR) is 67.9 cm³/mol. The number of carbonyl (C=O) groups is 2. The Labute approximate surface area is 109 Å². The van der Waals surface area contributed by atoms with Crippen LogP contribution in [0.5, 0.6) is 0 Å². The van der Waals surface area contributed by atoms with Crippen molar-refractivity contribution in [1.29, 1.82) is 0 Å². The Morgan fingerprint density at radius 2 is 2.11 bits per heavy atom. The molecule has 5 nitrogen and oxygen atoms in total. The van der Waals surface area contributed by atoms with Gasteiger partial charge in [0, 0.05) is 11.9 Å². The van der Waals surface area contributed by atoms with Gasteiger partial charge in [-0.3, -0.25) is 4.79 Å². The van der Waals surface area contributed by atoms with E-state index in [1.807, 2.05) is 12.1 Å². The maximum Gasteiger partial charge on any atom is 0.326 e. The number of rotatable bonds is 2. The lowest BCUT2D eigenvalue weighted by Crippen LogP contribution is -2.40. The molecule has 0 aliphatic carbocycles. The van der Waals surface area contributed by atoms with Crippen LogP contribution in [-0.2, 0) is 4.79 Å². The van der Waals surface area contributed by atoms with Crippen molar-refractivity contribution in [1.82, 2.24) is 4.90 Å². The first-order valence-corrected chi connectivity index (χ1v) is 6.18. The van der Waals surface area contributed by atoms with Gasteiger partial charge in [0.05, 0.1) is 5.56 Å². The summed E-state index contributed by atoms with van der Waals surface area (Å²) in [4.78, 5) is 25.0. The molecular weight excluding hydrogens is 246 g/mol. The van der Waals surface area contributed by atoms with Crippen LogP contribution in [0.4, 0.5) is 0 Å². The van der Waals surface area contributed by atoms with E-state index in [1.165, 1.54) is 11.2 Å². The summed E-state index contributed by atoms with van der Waals surface area (Å²) in [5.41, 5.74) is 1.07. The minimum absolute atomic E-state index is 0.269. The van der Waals surface area contributed by atoms with Gasteiger partial charge in [0.25, 0.3) is 5.91 Å². The van der Waals surface area contributed by atoms with E-state index in [0.29, 0.717) is 24.1 Å². The Hall–Kier alpha value is -2.30. The van der Waals surface area contributed by atoms with Crippen LogP contribution >= 0.6 is 0 Å². The number of nitrogens with zero attached hydrogens (tertiary/aromatic N) is 1. The zero-order valence-electron chi connectivity index (χ0n) is 10.2. The van der Waals surface area contributed by atoms with Crippen LogP contribution in [0, 0.1) is 0 Å². The Bertz CT molecular complexity index is 646. The minimum Gasteiger partial charge on any atom is -0.480 e. The number of carboxylic acids is 1. The van der Waals surface area contributed by atoms with Gasteiger partial charge >= 0.3 is 5.97 Å². The van der Waals surface area contributed by atoms with Crippen molar-refractivity contribution >= 4 is 22.8 Å². The first kappa shape index (κ1) is 11.8. The summed E-state index contributed by atoms with van der Waals surface area (Å²) in [7, 11) is 0. The van der Waals surface area contributed by atoms with Crippen LogP contribution in [-0.4, -0.2) is 34.5 Å². The summed E-state index contributed by atoms with van der Waals surface area (Å²) < 4.78 is 5.33. The number of aliphatic carboxylic acids is 1. The molecule has 98 valence electrons. The third-order valence-corrected chi connectivity index (χ3v) is 3.51. The standard InChI is InChI=1S/C14H13NO4/c16-13(15-7-3-5-11(15)14(17)18)10-8-19-12-6-2-1-4-9(10)12/h1-2,4,6,8,11H,3,5,7H2,(H,17,18). The zero-order chi connectivity index (χ0) is 13.4. The summed E-state index contributed by atoms with van der Waals surface area (Å²) in [6, 6.07) is 6.52. The highest BCUT2D eigenvalue weighted by atomic mass is 16.4. The lowest BCUT2D eigenvalue weighted by atomic mass is 10.1. The van der Waals surface area contributed by atoms with Crippen LogP contribution in [0.1, 0.15) is 23.2 Å². The molecule has 1 aliphatic heterocycles. The molecule has 0 radical (unpaired) electrons. The lowest BCUT2D eigenvalue weighted by Gasteiger charge is -2.20. The summed E-state index contributed by atoms with van der Waals surface area (Å²) in [5.74, 6) is -1.21. The molecule has 19 heavy (non-hydrogen) atoms. The van der Waals surface area contributed by atoms with Crippen LogP contribution in [0.2, 0.25) is 0 Å². The maximum atomic E-state index is 12.4. The molecule has 1 aliphatic rings. The molecule has 0 bridgehead atoms. The Kier molecular flexibility index (Phi) is 2.74. The molecule has 1 atom stereocenters. The fourth-order valence-electron chi connectivity index (χ4n) is 2.56. The van der Waals surface area contributed by atoms with Gasteiger partial charge in [-0.2, -0.15) is 0 Å². The van der Waals surface area contributed by atoms with Crippen molar-refractivity contribution in [3.05, 3.63) is 36.1 Å². The maximum absolute atomic E-state index is 12.4. The van der Waals surface area contributed by atoms with Crippen molar-refractivity contribution in [3.8, 4) is 0 Å². The second kappa shape index (κ2) is 4.42. The highest BCUT2D eigenvalue weighted by Gasteiger charge is 2.35. The number of amides is 1. The average molecular weight is 259 g/mol. The number of para-hydroxylation sites is 1. The Morgan fingerprint density at radius 1 is 1.32 bits per heavy atom. The lowest BCUT2D eigenvalue weighted by molar-refractivity contribution is -0.141. The molecule has 1 N–H and O–H groups in total. The van der Waals surface area contributed by atoms with Gasteiger partial charge in [-0.15, -0.1) is 0 Å². The van der Waals surface area contributed by atoms with E-state index in [1.54, 1.807) is 12.1 Å². The summed E-state index contributed by atoms with van der Waals surface area (Å²) >= 11 is 0. The molecule has 1 aromatic heterocycles. The number of benzene rings is 1. The van der Waals surface area contributed by atoms with E-state index >= 15 is 0 Å². The van der Waals surface area contributed by atoms with Gasteiger partial charge in [-0.1, -0.05) is 18.2 Å². The van der Waals surface area contributed by atoms with E-state index in [9.17, 15) is 9.59 Å². The average Bonchev–Trinajstić information content (AvgIpc) is 3.05. The number of hydrogen-bond acceptors (Lipinski definition) is 3. The van der Waals surface area contributed by atoms with Crippen LogP contribution < -0.4 is 0 Å². The molecule has 1 saturated heterocycles. The van der Waals surface area contributed by atoms with Gasteiger partial charge in [-0.25, -0.2) is 4.79 Å². The second-order valence-corrected chi connectivity index (χ2v) is 4.64. The molecule has 1 unspecified atom stereocenters. The summed E-state index contributed by atoms with van der Waals surface area (Å²) in [6.07, 6.45) is 2.64. The van der Waals surface area contributed by atoms with Crippen molar-refractivity contribution in [3.63, 3.8) is 0 Å². The summed E-state index contributed by atoms with van der Waals surface area (Å²) in [5, 5.41) is 9.85. The van der Waals surface area contributed by atoms with Crippen molar-refractivity contribution in [2.45, 2.75) is 18.9 Å². The van der Waals surface area contributed by atoms with Crippen molar-refractivity contribution < 1.29 is 19.1 Å². The topological polar surface area (TPSA) is 70.8 Å².